The van der Waals surface area contributed by atoms with Gasteiger partial charge in [-0.3, -0.25) is 0 Å². The van der Waals surface area contributed by atoms with Crippen molar-refractivity contribution in [3.05, 3.63) is 12.2 Å². The van der Waals surface area contributed by atoms with Crippen LogP contribution >= 0.6 is 0 Å². The van der Waals surface area contributed by atoms with E-state index in [4.69, 9.17) is 14.2 Å². The molecule has 0 aliphatic heterocycles. The predicted molar refractivity (Wildman–Crippen MR) is 57.8 cm³/mol. The standard InChI is InChI=1S/C11H18O5/c1-5-14-6-7-15-11(13)9(4)16-10(12)8(2)3/h9H,2,5-7H2,1,3-4H3. The van der Waals surface area contributed by atoms with E-state index in [1.54, 1.807) is 0 Å². The number of ether oxygens (including phenoxy) is 3. The van der Waals surface area contributed by atoms with Crippen LogP contribution < -0.4 is 0 Å². The molecule has 0 spiro atoms. The molecule has 0 saturated carbocycles. The summed E-state index contributed by atoms with van der Waals surface area (Å²) in [5, 5.41) is 0. The van der Waals surface area contributed by atoms with Gasteiger partial charge >= 0.3 is 11.9 Å². The molecule has 5 heteroatoms. The molecule has 92 valence electrons. The third kappa shape index (κ3) is 6.19. The Morgan fingerprint density at radius 2 is 1.94 bits per heavy atom. The smallest absolute Gasteiger partial charge is 0.347 e. The molecule has 0 saturated heterocycles. The molecule has 0 fully saturated rings. The Morgan fingerprint density at radius 3 is 2.44 bits per heavy atom. The lowest BCUT2D eigenvalue weighted by molar-refractivity contribution is -0.165. The number of rotatable bonds is 7. The van der Waals surface area contributed by atoms with Gasteiger partial charge in [-0.05, 0) is 20.8 Å². The number of carbonyl (C=O) groups excluding carboxylic acids is 2. The normalized spacial score (nSPS) is 11.7. The average Bonchev–Trinajstić information content (AvgIpc) is 2.23. The second-order valence-electron chi connectivity index (χ2n) is 3.19. The first-order valence-corrected chi connectivity index (χ1v) is 5.09. The molecule has 0 amide bonds. The predicted octanol–water partition coefficient (Wildman–Crippen LogP) is 1.07. The first-order chi connectivity index (χ1) is 7.49. The van der Waals surface area contributed by atoms with E-state index in [-0.39, 0.29) is 12.2 Å². The maximum atomic E-state index is 11.3. The summed E-state index contributed by atoms with van der Waals surface area (Å²) in [6.07, 6.45) is -0.925. The highest BCUT2D eigenvalue weighted by molar-refractivity contribution is 5.89. The Kier molecular flexibility index (Phi) is 7.20. The molecule has 0 aromatic rings. The summed E-state index contributed by atoms with van der Waals surface area (Å²) < 4.78 is 14.6. The first-order valence-electron chi connectivity index (χ1n) is 5.09. The largest absolute Gasteiger partial charge is 0.461 e. The van der Waals surface area contributed by atoms with E-state index in [1.807, 2.05) is 6.92 Å². The zero-order chi connectivity index (χ0) is 12.6. The maximum absolute atomic E-state index is 11.3. The van der Waals surface area contributed by atoms with E-state index in [1.165, 1.54) is 13.8 Å². The maximum Gasteiger partial charge on any atom is 0.347 e. The van der Waals surface area contributed by atoms with Crippen LogP contribution in [0.2, 0.25) is 0 Å². The number of esters is 2. The van der Waals surface area contributed by atoms with Crippen LogP contribution in [-0.2, 0) is 23.8 Å². The fraction of sp³-hybridized carbons (Fsp3) is 0.636. The van der Waals surface area contributed by atoms with Crippen LogP contribution in [0.25, 0.3) is 0 Å². The molecule has 5 nitrogen and oxygen atoms in total. The summed E-state index contributed by atoms with van der Waals surface area (Å²) in [6, 6.07) is 0. The van der Waals surface area contributed by atoms with Gasteiger partial charge in [0.25, 0.3) is 0 Å². The van der Waals surface area contributed by atoms with E-state index in [0.29, 0.717) is 13.2 Å². The minimum absolute atomic E-state index is 0.154. The minimum Gasteiger partial charge on any atom is -0.461 e. The molecule has 0 aromatic carbocycles. The molecular formula is C11H18O5. The molecule has 0 aliphatic rings. The summed E-state index contributed by atoms with van der Waals surface area (Å²) >= 11 is 0. The van der Waals surface area contributed by atoms with Crippen LogP contribution in [0.15, 0.2) is 12.2 Å². The van der Waals surface area contributed by atoms with E-state index in [0.717, 1.165) is 0 Å². The Labute approximate surface area is 95.4 Å². The minimum atomic E-state index is -0.925. The van der Waals surface area contributed by atoms with Gasteiger partial charge in [0.15, 0.2) is 6.10 Å². The fourth-order valence-electron chi connectivity index (χ4n) is 0.772. The van der Waals surface area contributed by atoms with Crippen molar-refractivity contribution >= 4 is 11.9 Å². The van der Waals surface area contributed by atoms with Crippen LogP contribution in [0, 0.1) is 0 Å². The number of hydrogen-bond donors (Lipinski definition) is 0. The zero-order valence-electron chi connectivity index (χ0n) is 9.95. The van der Waals surface area contributed by atoms with E-state index in [9.17, 15) is 9.59 Å². The van der Waals surface area contributed by atoms with E-state index >= 15 is 0 Å². The van der Waals surface area contributed by atoms with Crippen molar-refractivity contribution in [1.29, 1.82) is 0 Å². The topological polar surface area (TPSA) is 61.8 Å². The highest BCUT2D eigenvalue weighted by atomic mass is 16.6. The lowest BCUT2D eigenvalue weighted by atomic mass is 10.3. The number of hydrogen-bond acceptors (Lipinski definition) is 5. The third-order valence-corrected chi connectivity index (χ3v) is 1.64. The molecule has 0 aromatic heterocycles. The summed E-state index contributed by atoms with van der Waals surface area (Å²) in [5.74, 6) is -1.19. The Morgan fingerprint density at radius 1 is 1.31 bits per heavy atom. The molecule has 0 heterocycles. The van der Waals surface area contributed by atoms with Gasteiger partial charge in [-0.2, -0.15) is 0 Å². The summed E-state index contributed by atoms with van der Waals surface area (Å²) in [6.45, 7) is 9.27. The molecule has 16 heavy (non-hydrogen) atoms. The van der Waals surface area contributed by atoms with Crippen molar-refractivity contribution in [3.63, 3.8) is 0 Å². The van der Waals surface area contributed by atoms with Crippen molar-refractivity contribution in [2.45, 2.75) is 26.9 Å². The van der Waals surface area contributed by atoms with Crippen molar-refractivity contribution in [2.75, 3.05) is 19.8 Å². The van der Waals surface area contributed by atoms with Gasteiger partial charge in [-0.1, -0.05) is 6.58 Å². The van der Waals surface area contributed by atoms with Gasteiger partial charge in [0.1, 0.15) is 6.61 Å². The van der Waals surface area contributed by atoms with Gasteiger partial charge in [-0.15, -0.1) is 0 Å². The van der Waals surface area contributed by atoms with Gasteiger partial charge < -0.3 is 14.2 Å². The highest BCUT2D eigenvalue weighted by Crippen LogP contribution is 2.00. The molecule has 0 N–H and O–H groups in total. The van der Waals surface area contributed by atoms with Crippen molar-refractivity contribution in [2.24, 2.45) is 0 Å². The summed E-state index contributed by atoms with van der Waals surface area (Å²) in [5.41, 5.74) is 0.244. The van der Waals surface area contributed by atoms with Gasteiger partial charge in [0.2, 0.25) is 0 Å². The van der Waals surface area contributed by atoms with Gasteiger partial charge in [-0.25, -0.2) is 9.59 Å². The third-order valence-electron chi connectivity index (χ3n) is 1.64. The van der Waals surface area contributed by atoms with Crippen LogP contribution in [0.3, 0.4) is 0 Å². The van der Waals surface area contributed by atoms with Crippen molar-refractivity contribution in [1.82, 2.24) is 0 Å². The van der Waals surface area contributed by atoms with Crippen LogP contribution in [0.5, 0.6) is 0 Å². The Balaban J connectivity index is 3.81. The van der Waals surface area contributed by atoms with Crippen LogP contribution in [0.1, 0.15) is 20.8 Å². The zero-order valence-corrected chi connectivity index (χ0v) is 9.95. The Bertz CT molecular complexity index is 259. The van der Waals surface area contributed by atoms with Crippen LogP contribution in [-0.4, -0.2) is 37.9 Å². The molecule has 1 atom stereocenters. The number of carbonyl (C=O) groups is 2. The molecule has 1 unspecified atom stereocenters. The highest BCUT2D eigenvalue weighted by Gasteiger charge is 2.19. The molecule has 0 radical (unpaired) electrons. The quantitative estimate of drug-likeness (QED) is 0.372. The molecular weight excluding hydrogens is 212 g/mol. The van der Waals surface area contributed by atoms with E-state index < -0.39 is 18.0 Å². The second kappa shape index (κ2) is 7.87. The van der Waals surface area contributed by atoms with E-state index in [2.05, 4.69) is 6.58 Å². The van der Waals surface area contributed by atoms with Crippen molar-refractivity contribution in [3.8, 4) is 0 Å². The Hall–Kier alpha value is -1.36. The lowest BCUT2D eigenvalue weighted by Crippen LogP contribution is -2.27. The second-order valence-corrected chi connectivity index (χ2v) is 3.19. The average molecular weight is 230 g/mol. The first kappa shape index (κ1) is 14.6. The fourth-order valence-corrected chi connectivity index (χ4v) is 0.772. The molecule has 0 rings (SSSR count). The monoisotopic (exact) mass is 230 g/mol. The summed E-state index contributed by atoms with van der Waals surface area (Å²) in [4.78, 5) is 22.4. The van der Waals surface area contributed by atoms with Crippen molar-refractivity contribution < 1.29 is 23.8 Å². The molecule has 0 aliphatic carbocycles. The SMILES string of the molecule is C=C(C)C(=O)OC(C)C(=O)OCCOCC. The van der Waals surface area contributed by atoms with Gasteiger partial charge in [0.05, 0.1) is 6.61 Å². The van der Waals surface area contributed by atoms with Gasteiger partial charge in [0, 0.05) is 12.2 Å². The summed E-state index contributed by atoms with van der Waals surface area (Å²) in [7, 11) is 0. The molecule has 0 bridgehead atoms. The van der Waals surface area contributed by atoms with Crippen LogP contribution in [0.4, 0.5) is 0 Å². The lowest BCUT2D eigenvalue weighted by Gasteiger charge is -2.12.